The average Bonchev–Trinajstić information content (AvgIpc) is 1.97. The minimum Gasteiger partial charge on any atom is -0.387 e. The Labute approximate surface area is 118 Å². The van der Waals surface area contributed by atoms with Gasteiger partial charge in [-0.1, -0.05) is 0 Å². The molecular weight excluding hydrogens is 540 g/mol. The van der Waals surface area contributed by atoms with E-state index in [1.54, 1.807) is 28.7 Å². The SMILES string of the molecule is FC(F)(F)Oc1nc(I)c(I)cc1I. The Morgan fingerprint density at radius 3 is 2.21 bits per heavy atom. The van der Waals surface area contributed by atoms with Gasteiger partial charge in [-0.15, -0.1) is 13.2 Å². The molecule has 14 heavy (non-hydrogen) atoms. The van der Waals surface area contributed by atoms with Crippen LogP contribution in [0.5, 0.6) is 5.88 Å². The van der Waals surface area contributed by atoms with Crippen LogP contribution in [0, 0.1) is 10.8 Å². The zero-order valence-corrected chi connectivity index (χ0v) is 12.7. The number of aromatic nitrogens is 1. The first-order valence-electron chi connectivity index (χ1n) is 3.07. The Kier molecular flexibility index (Phi) is 4.50. The molecule has 1 aromatic heterocycles. The van der Waals surface area contributed by atoms with Crippen LogP contribution in [0.2, 0.25) is 0 Å². The third-order valence-electron chi connectivity index (χ3n) is 1.07. The van der Waals surface area contributed by atoms with E-state index in [4.69, 9.17) is 0 Å². The molecule has 1 aromatic rings. The summed E-state index contributed by atoms with van der Waals surface area (Å²) in [6.07, 6.45) is -4.69. The second-order valence-electron chi connectivity index (χ2n) is 2.10. The molecule has 1 rings (SSSR count). The maximum Gasteiger partial charge on any atom is 0.574 e. The first-order valence-corrected chi connectivity index (χ1v) is 6.30. The zero-order chi connectivity index (χ0) is 10.9. The van der Waals surface area contributed by atoms with E-state index in [-0.39, 0.29) is 0 Å². The van der Waals surface area contributed by atoms with Gasteiger partial charge >= 0.3 is 6.36 Å². The molecule has 0 aliphatic rings. The molecule has 2 nitrogen and oxygen atoms in total. The molecule has 1 heterocycles. The van der Waals surface area contributed by atoms with Crippen LogP contribution in [0.25, 0.3) is 0 Å². The number of hydrogen-bond donors (Lipinski definition) is 0. The van der Waals surface area contributed by atoms with Gasteiger partial charge in [0.2, 0.25) is 5.88 Å². The van der Waals surface area contributed by atoms with E-state index < -0.39 is 12.2 Å². The standard InChI is InChI=1S/C6HF3I3NO/c7-6(8,9)14-5-3(11)1-2(10)4(12)13-5/h1H. The van der Waals surface area contributed by atoms with Crippen LogP contribution in [0.4, 0.5) is 13.2 Å². The molecule has 0 spiro atoms. The smallest absolute Gasteiger partial charge is 0.387 e. The first-order chi connectivity index (χ1) is 6.29. The van der Waals surface area contributed by atoms with E-state index in [0.29, 0.717) is 7.27 Å². The monoisotopic (exact) mass is 541 g/mol. The largest absolute Gasteiger partial charge is 0.574 e. The fourth-order valence-corrected chi connectivity index (χ4v) is 2.55. The lowest BCUT2D eigenvalue weighted by Crippen LogP contribution is -2.19. The van der Waals surface area contributed by atoms with Gasteiger partial charge in [0.25, 0.3) is 0 Å². The normalized spacial score (nSPS) is 11.6. The Bertz CT molecular complexity index is 355. The lowest BCUT2D eigenvalue weighted by Gasteiger charge is -2.10. The summed E-state index contributed by atoms with van der Waals surface area (Å²) in [6, 6.07) is 1.58. The highest BCUT2D eigenvalue weighted by atomic mass is 127. The highest BCUT2D eigenvalue weighted by Gasteiger charge is 2.33. The molecule has 0 bridgehead atoms. The highest BCUT2D eigenvalue weighted by Crippen LogP contribution is 2.28. The molecule has 0 atom stereocenters. The Balaban J connectivity index is 3.04. The minimum atomic E-state index is -4.69. The number of ether oxygens (including phenoxy) is 1. The molecule has 0 saturated carbocycles. The fourth-order valence-electron chi connectivity index (χ4n) is 0.610. The van der Waals surface area contributed by atoms with Crippen LogP contribution in [-0.2, 0) is 0 Å². The van der Waals surface area contributed by atoms with Crippen LogP contribution >= 0.6 is 67.8 Å². The maximum absolute atomic E-state index is 11.9. The third-order valence-corrected chi connectivity index (χ3v) is 4.52. The van der Waals surface area contributed by atoms with E-state index in [2.05, 4.69) is 9.72 Å². The second kappa shape index (κ2) is 4.84. The summed E-state index contributed by atoms with van der Waals surface area (Å²) in [5.41, 5.74) is 0. The first kappa shape index (κ1) is 13.0. The van der Waals surface area contributed by atoms with E-state index in [9.17, 15) is 13.2 Å². The number of halogens is 6. The summed E-state index contributed by atoms with van der Waals surface area (Å²) in [7, 11) is 0. The van der Waals surface area contributed by atoms with E-state index >= 15 is 0 Å². The Hall–Kier alpha value is 0.930. The van der Waals surface area contributed by atoms with Crippen molar-refractivity contribution in [2.45, 2.75) is 6.36 Å². The second-order valence-corrected chi connectivity index (χ2v) is 5.44. The van der Waals surface area contributed by atoms with Gasteiger partial charge in [0.15, 0.2) is 0 Å². The van der Waals surface area contributed by atoms with Gasteiger partial charge in [0, 0.05) is 3.57 Å². The maximum atomic E-state index is 11.9. The number of hydrogen-bond acceptors (Lipinski definition) is 2. The molecule has 0 aromatic carbocycles. The molecule has 0 aliphatic heterocycles. The quantitative estimate of drug-likeness (QED) is 0.400. The topological polar surface area (TPSA) is 22.1 Å². The van der Waals surface area contributed by atoms with Crippen LogP contribution < -0.4 is 4.74 Å². The molecule has 78 valence electrons. The summed E-state index contributed by atoms with van der Waals surface area (Å²) in [5, 5.41) is 0. The predicted octanol–water partition coefficient (Wildman–Crippen LogP) is 3.79. The van der Waals surface area contributed by atoms with Crippen molar-refractivity contribution in [3.63, 3.8) is 0 Å². The van der Waals surface area contributed by atoms with Crippen LogP contribution in [0.1, 0.15) is 0 Å². The number of pyridine rings is 1. The summed E-state index contributed by atoms with van der Waals surface area (Å²) in [5.74, 6) is -0.400. The van der Waals surface area contributed by atoms with Crippen LogP contribution in [0.15, 0.2) is 6.07 Å². The van der Waals surface area contributed by atoms with Crippen molar-refractivity contribution in [3.8, 4) is 5.88 Å². The molecule has 0 fully saturated rings. The van der Waals surface area contributed by atoms with Gasteiger partial charge in [0.1, 0.15) is 3.70 Å². The molecule has 0 radical (unpaired) electrons. The average molecular weight is 541 g/mol. The highest BCUT2D eigenvalue weighted by molar-refractivity contribution is 14.1. The number of rotatable bonds is 1. The van der Waals surface area contributed by atoms with Crippen LogP contribution in [0.3, 0.4) is 0 Å². The predicted molar refractivity (Wildman–Crippen MR) is 69.1 cm³/mol. The van der Waals surface area contributed by atoms with Crippen molar-refractivity contribution in [2.24, 2.45) is 0 Å². The zero-order valence-electron chi connectivity index (χ0n) is 6.20. The van der Waals surface area contributed by atoms with Gasteiger partial charge in [0.05, 0.1) is 3.57 Å². The lowest BCUT2D eigenvalue weighted by molar-refractivity contribution is -0.276. The molecule has 0 aliphatic carbocycles. The van der Waals surface area contributed by atoms with Crippen LogP contribution in [-0.4, -0.2) is 11.3 Å². The van der Waals surface area contributed by atoms with Crippen molar-refractivity contribution < 1.29 is 17.9 Å². The fraction of sp³-hybridized carbons (Fsp3) is 0.167. The van der Waals surface area contributed by atoms with Crippen molar-refractivity contribution in [1.29, 1.82) is 0 Å². The minimum absolute atomic E-state index is 0.338. The Morgan fingerprint density at radius 1 is 1.14 bits per heavy atom. The van der Waals surface area contributed by atoms with E-state index in [0.717, 1.165) is 3.57 Å². The van der Waals surface area contributed by atoms with E-state index in [1.807, 2.05) is 45.2 Å². The van der Waals surface area contributed by atoms with Gasteiger partial charge in [-0.05, 0) is 73.8 Å². The molecule has 0 amide bonds. The molecule has 0 unspecified atom stereocenters. The van der Waals surface area contributed by atoms with Gasteiger partial charge in [-0.2, -0.15) is 0 Å². The van der Waals surface area contributed by atoms with Crippen molar-refractivity contribution in [1.82, 2.24) is 4.98 Å². The molecule has 0 N–H and O–H groups in total. The Morgan fingerprint density at radius 2 is 1.71 bits per heavy atom. The molecule has 0 saturated heterocycles. The molecular formula is C6HF3I3NO. The summed E-state index contributed by atoms with van der Waals surface area (Å²) < 4.78 is 41.0. The van der Waals surface area contributed by atoms with Crippen molar-refractivity contribution >= 4 is 67.8 Å². The van der Waals surface area contributed by atoms with E-state index in [1.165, 1.54) is 0 Å². The van der Waals surface area contributed by atoms with Gasteiger partial charge < -0.3 is 4.74 Å². The van der Waals surface area contributed by atoms with Crippen molar-refractivity contribution in [2.75, 3.05) is 0 Å². The summed E-state index contributed by atoms with van der Waals surface area (Å²) in [4.78, 5) is 3.69. The van der Waals surface area contributed by atoms with Gasteiger partial charge in [-0.25, -0.2) is 4.98 Å². The molecule has 8 heteroatoms. The summed E-state index contributed by atoms with van der Waals surface area (Å²) in [6.45, 7) is 0. The number of nitrogens with zero attached hydrogens (tertiary/aromatic N) is 1. The van der Waals surface area contributed by atoms with Crippen molar-refractivity contribution in [3.05, 3.63) is 16.9 Å². The summed E-state index contributed by atoms with van der Waals surface area (Å²) >= 11 is 5.59. The van der Waals surface area contributed by atoms with Gasteiger partial charge in [-0.3, -0.25) is 0 Å². The number of alkyl halides is 3. The third kappa shape index (κ3) is 3.83. The lowest BCUT2D eigenvalue weighted by atomic mass is 10.5.